The Hall–Kier alpha value is -1.89. The molecular formula is C13H21N5O2. The predicted octanol–water partition coefficient (Wildman–Crippen LogP) is 0.282. The molecule has 2 rings (SSSR count). The SMILES string of the molecule is Cc1cnn([C@@H](C)[C@H](C)NCCN2C(=O)CNC2=O)c1. The maximum absolute atomic E-state index is 11.4. The number of hydrogen-bond acceptors (Lipinski definition) is 4. The van der Waals surface area contributed by atoms with E-state index in [1.165, 1.54) is 4.90 Å². The fourth-order valence-electron chi connectivity index (χ4n) is 2.14. The molecule has 2 heterocycles. The summed E-state index contributed by atoms with van der Waals surface area (Å²) in [6, 6.07) is 0.0853. The third-order valence-corrected chi connectivity index (χ3v) is 3.61. The molecule has 0 aromatic carbocycles. The van der Waals surface area contributed by atoms with Crippen molar-refractivity contribution in [1.82, 2.24) is 25.3 Å². The third kappa shape index (κ3) is 3.16. The maximum Gasteiger partial charge on any atom is 0.324 e. The smallest absolute Gasteiger partial charge is 0.324 e. The first-order valence-corrected chi connectivity index (χ1v) is 6.81. The fraction of sp³-hybridized carbons (Fsp3) is 0.615. The number of carbonyl (C=O) groups is 2. The molecule has 1 aromatic rings. The molecule has 1 aromatic heterocycles. The molecular weight excluding hydrogens is 258 g/mol. The second-order valence-electron chi connectivity index (χ2n) is 5.19. The second-order valence-corrected chi connectivity index (χ2v) is 5.19. The third-order valence-electron chi connectivity index (χ3n) is 3.61. The summed E-state index contributed by atoms with van der Waals surface area (Å²) in [5, 5.41) is 10.1. The zero-order chi connectivity index (χ0) is 14.7. The van der Waals surface area contributed by atoms with E-state index in [2.05, 4.69) is 29.6 Å². The minimum atomic E-state index is -0.305. The second kappa shape index (κ2) is 6.04. The number of nitrogens with one attached hydrogen (secondary N) is 2. The Labute approximate surface area is 118 Å². The standard InChI is InChI=1S/C13H21N5O2/c1-9-6-16-18(8-9)11(3)10(2)14-4-5-17-12(19)7-15-13(17)20/h6,8,10-11,14H,4-5,7H2,1-3H3,(H,15,20)/t10-,11-/m0/s1. The quantitative estimate of drug-likeness (QED) is 0.733. The summed E-state index contributed by atoms with van der Waals surface area (Å²) in [6.45, 7) is 7.22. The molecule has 0 saturated carbocycles. The summed E-state index contributed by atoms with van der Waals surface area (Å²) in [5.41, 5.74) is 1.13. The number of aryl methyl sites for hydroxylation is 1. The van der Waals surface area contributed by atoms with Crippen molar-refractivity contribution in [3.63, 3.8) is 0 Å². The molecule has 0 aliphatic carbocycles. The highest BCUT2D eigenvalue weighted by Gasteiger charge is 2.27. The summed E-state index contributed by atoms with van der Waals surface area (Å²) < 4.78 is 1.92. The molecule has 7 heteroatoms. The molecule has 110 valence electrons. The number of aromatic nitrogens is 2. The monoisotopic (exact) mass is 279 g/mol. The average Bonchev–Trinajstić information content (AvgIpc) is 2.97. The van der Waals surface area contributed by atoms with E-state index in [-0.39, 0.29) is 30.6 Å². The lowest BCUT2D eigenvalue weighted by molar-refractivity contribution is -0.124. The number of imide groups is 1. The van der Waals surface area contributed by atoms with Gasteiger partial charge in [-0.2, -0.15) is 5.10 Å². The molecule has 0 spiro atoms. The van der Waals surface area contributed by atoms with E-state index < -0.39 is 0 Å². The van der Waals surface area contributed by atoms with Crippen LogP contribution in [0, 0.1) is 6.92 Å². The molecule has 1 aliphatic heterocycles. The highest BCUT2D eigenvalue weighted by atomic mass is 16.2. The van der Waals surface area contributed by atoms with Crippen LogP contribution in [0.1, 0.15) is 25.5 Å². The summed E-state index contributed by atoms with van der Waals surface area (Å²) in [7, 11) is 0. The summed E-state index contributed by atoms with van der Waals surface area (Å²) in [4.78, 5) is 24.0. The number of carbonyl (C=O) groups excluding carboxylic acids is 2. The van der Waals surface area contributed by atoms with Gasteiger partial charge in [-0.1, -0.05) is 0 Å². The van der Waals surface area contributed by atoms with Gasteiger partial charge in [-0.05, 0) is 26.3 Å². The normalized spacial score (nSPS) is 18.2. The number of amides is 3. The van der Waals surface area contributed by atoms with Gasteiger partial charge in [0.05, 0.1) is 18.8 Å². The van der Waals surface area contributed by atoms with Gasteiger partial charge >= 0.3 is 6.03 Å². The van der Waals surface area contributed by atoms with E-state index in [0.717, 1.165) is 5.56 Å². The molecule has 20 heavy (non-hydrogen) atoms. The minimum Gasteiger partial charge on any atom is -0.329 e. The Morgan fingerprint density at radius 1 is 1.45 bits per heavy atom. The van der Waals surface area contributed by atoms with Gasteiger partial charge in [0.15, 0.2) is 0 Å². The van der Waals surface area contributed by atoms with Crippen LogP contribution in [0.2, 0.25) is 0 Å². The lowest BCUT2D eigenvalue weighted by Crippen LogP contribution is -2.41. The van der Waals surface area contributed by atoms with Gasteiger partial charge in [0.2, 0.25) is 5.91 Å². The minimum absolute atomic E-state index is 0.108. The van der Waals surface area contributed by atoms with Gasteiger partial charge in [-0.15, -0.1) is 0 Å². The van der Waals surface area contributed by atoms with Gasteiger partial charge in [-0.3, -0.25) is 14.4 Å². The van der Waals surface area contributed by atoms with E-state index in [9.17, 15) is 9.59 Å². The van der Waals surface area contributed by atoms with Crippen LogP contribution in [0.25, 0.3) is 0 Å². The van der Waals surface area contributed by atoms with Gasteiger partial charge in [0.1, 0.15) is 0 Å². The Balaban J connectivity index is 1.79. The van der Waals surface area contributed by atoms with Gasteiger partial charge in [-0.25, -0.2) is 4.79 Å². The molecule has 1 saturated heterocycles. The van der Waals surface area contributed by atoms with Crippen molar-refractivity contribution in [3.05, 3.63) is 18.0 Å². The van der Waals surface area contributed by atoms with Crippen LogP contribution in [0.15, 0.2) is 12.4 Å². The summed E-state index contributed by atoms with van der Waals surface area (Å²) >= 11 is 0. The van der Waals surface area contributed by atoms with Crippen molar-refractivity contribution in [3.8, 4) is 0 Å². The molecule has 0 bridgehead atoms. The number of nitrogens with zero attached hydrogens (tertiary/aromatic N) is 3. The van der Waals surface area contributed by atoms with Crippen molar-refractivity contribution in [1.29, 1.82) is 0 Å². The number of rotatable bonds is 6. The van der Waals surface area contributed by atoms with E-state index in [1.807, 2.05) is 24.0 Å². The van der Waals surface area contributed by atoms with Crippen LogP contribution in [-0.2, 0) is 4.79 Å². The van der Waals surface area contributed by atoms with Crippen molar-refractivity contribution < 1.29 is 9.59 Å². The highest BCUT2D eigenvalue weighted by Crippen LogP contribution is 2.10. The van der Waals surface area contributed by atoms with E-state index in [4.69, 9.17) is 0 Å². The molecule has 0 radical (unpaired) electrons. The van der Waals surface area contributed by atoms with Crippen LogP contribution < -0.4 is 10.6 Å². The predicted molar refractivity (Wildman–Crippen MR) is 74.3 cm³/mol. The first kappa shape index (κ1) is 14.5. The van der Waals surface area contributed by atoms with Crippen molar-refractivity contribution >= 4 is 11.9 Å². The Bertz CT molecular complexity index is 483. The Morgan fingerprint density at radius 3 is 2.75 bits per heavy atom. The molecule has 3 amide bonds. The molecule has 0 unspecified atom stereocenters. The van der Waals surface area contributed by atoms with E-state index >= 15 is 0 Å². The Kier molecular flexibility index (Phi) is 4.39. The van der Waals surface area contributed by atoms with E-state index in [1.54, 1.807) is 0 Å². The molecule has 1 aliphatic rings. The van der Waals surface area contributed by atoms with Crippen molar-refractivity contribution in [2.24, 2.45) is 0 Å². The van der Waals surface area contributed by atoms with Crippen LogP contribution in [0.3, 0.4) is 0 Å². The van der Waals surface area contributed by atoms with Crippen LogP contribution in [0.4, 0.5) is 4.79 Å². The van der Waals surface area contributed by atoms with Crippen LogP contribution in [-0.4, -0.2) is 52.3 Å². The number of urea groups is 1. The van der Waals surface area contributed by atoms with Gasteiger partial charge < -0.3 is 10.6 Å². The average molecular weight is 279 g/mol. The zero-order valence-electron chi connectivity index (χ0n) is 12.1. The lowest BCUT2D eigenvalue weighted by atomic mass is 10.2. The van der Waals surface area contributed by atoms with E-state index in [0.29, 0.717) is 13.1 Å². The van der Waals surface area contributed by atoms with Crippen molar-refractivity contribution in [2.75, 3.05) is 19.6 Å². The van der Waals surface area contributed by atoms with Crippen molar-refractivity contribution in [2.45, 2.75) is 32.9 Å². The molecule has 1 fully saturated rings. The van der Waals surface area contributed by atoms with Crippen LogP contribution >= 0.6 is 0 Å². The first-order valence-electron chi connectivity index (χ1n) is 6.81. The highest BCUT2D eigenvalue weighted by molar-refractivity contribution is 6.01. The first-order chi connectivity index (χ1) is 9.49. The fourth-order valence-corrected chi connectivity index (χ4v) is 2.14. The number of hydrogen-bond donors (Lipinski definition) is 2. The lowest BCUT2D eigenvalue weighted by Gasteiger charge is -2.23. The topological polar surface area (TPSA) is 79.3 Å². The maximum atomic E-state index is 11.4. The molecule has 7 nitrogen and oxygen atoms in total. The van der Waals surface area contributed by atoms with Gasteiger partial charge in [0.25, 0.3) is 0 Å². The zero-order valence-corrected chi connectivity index (χ0v) is 12.1. The summed E-state index contributed by atoms with van der Waals surface area (Å²) in [6.07, 6.45) is 3.83. The largest absolute Gasteiger partial charge is 0.329 e. The van der Waals surface area contributed by atoms with Gasteiger partial charge in [0, 0.05) is 25.3 Å². The van der Waals surface area contributed by atoms with Crippen LogP contribution in [0.5, 0.6) is 0 Å². The Morgan fingerprint density at radius 2 is 2.20 bits per heavy atom. The summed E-state index contributed by atoms with van der Waals surface area (Å²) in [5.74, 6) is -0.166. The molecule has 2 atom stereocenters. The molecule has 2 N–H and O–H groups in total.